The predicted molar refractivity (Wildman–Crippen MR) is 152 cm³/mol. The molecule has 39 heavy (non-hydrogen) atoms. The fourth-order valence-electron chi connectivity index (χ4n) is 3.32. The molecule has 3 aromatic carbocycles. The van der Waals surface area contributed by atoms with Crippen LogP contribution < -0.4 is 20.2 Å². The van der Waals surface area contributed by atoms with E-state index >= 15 is 0 Å². The summed E-state index contributed by atoms with van der Waals surface area (Å²) in [5.74, 6) is 0.103. The monoisotopic (exact) mass is 583 g/mol. The zero-order valence-electron chi connectivity index (χ0n) is 20.7. The van der Waals surface area contributed by atoms with Crippen molar-refractivity contribution < 1.29 is 19.1 Å². The lowest BCUT2D eigenvalue weighted by Crippen LogP contribution is -2.19. The maximum Gasteiger partial charge on any atom is 0.257 e. The minimum atomic E-state index is -0.404. The molecule has 200 valence electrons. The lowest BCUT2D eigenvalue weighted by Gasteiger charge is -2.15. The number of nitrogens with zero attached hydrogens (tertiary/aromatic N) is 3. The van der Waals surface area contributed by atoms with Crippen LogP contribution in [0.5, 0.6) is 11.5 Å². The van der Waals surface area contributed by atoms with Gasteiger partial charge in [-0.25, -0.2) is 5.43 Å². The zero-order chi connectivity index (χ0) is 27.6. The van der Waals surface area contributed by atoms with Gasteiger partial charge >= 0.3 is 0 Å². The Kier molecular flexibility index (Phi) is 9.85. The van der Waals surface area contributed by atoms with E-state index in [1.54, 1.807) is 42.5 Å². The molecule has 0 fully saturated rings. The molecule has 4 aromatic rings. The van der Waals surface area contributed by atoms with Gasteiger partial charge in [0, 0.05) is 16.1 Å². The Morgan fingerprint density at radius 2 is 1.77 bits per heavy atom. The van der Waals surface area contributed by atoms with E-state index < -0.39 is 5.91 Å². The molecule has 0 unspecified atom stereocenters. The number of halogens is 2. The average molecular weight is 584 g/mol. The van der Waals surface area contributed by atoms with Crippen molar-refractivity contribution >= 4 is 57.7 Å². The number of anilines is 1. The van der Waals surface area contributed by atoms with E-state index in [-0.39, 0.29) is 18.9 Å². The molecule has 2 N–H and O–H groups in total. The topological polar surface area (TPSA) is 115 Å². The Morgan fingerprint density at radius 3 is 2.54 bits per heavy atom. The van der Waals surface area contributed by atoms with Crippen molar-refractivity contribution in [2.75, 3.05) is 11.9 Å². The third-order valence-electron chi connectivity index (χ3n) is 5.10. The summed E-state index contributed by atoms with van der Waals surface area (Å²) in [6.45, 7) is 2.46. The van der Waals surface area contributed by atoms with E-state index in [0.29, 0.717) is 49.4 Å². The second-order valence-corrected chi connectivity index (χ2v) is 9.81. The van der Waals surface area contributed by atoms with E-state index in [1.165, 1.54) is 6.21 Å². The first-order valence-electron chi connectivity index (χ1n) is 11.8. The molecular weight excluding hydrogens is 561 g/mol. The molecule has 1 aromatic heterocycles. The number of carbonyl (C=O) groups excluding carboxylic acids is 2. The van der Waals surface area contributed by atoms with Crippen LogP contribution in [0.1, 0.15) is 33.4 Å². The zero-order valence-corrected chi connectivity index (χ0v) is 23.0. The summed E-state index contributed by atoms with van der Waals surface area (Å²) < 4.78 is 11.6. The predicted octanol–water partition coefficient (Wildman–Crippen LogP) is 5.77. The number of hydrazone groups is 1. The smallest absolute Gasteiger partial charge is 0.257 e. The summed E-state index contributed by atoms with van der Waals surface area (Å²) in [5.41, 5.74) is 4.35. The van der Waals surface area contributed by atoms with Gasteiger partial charge in [-0.3, -0.25) is 14.9 Å². The van der Waals surface area contributed by atoms with Gasteiger partial charge in [-0.2, -0.15) is 5.10 Å². The summed E-state index contributed by atoms with van der Waals surface area (Å²) >= 11 is 13.8. The molecule has 0 aliphatic carbocycles. The van der Waals surface area contributed by atoms with Crippen LogP contribution in [-0.2, 0) is 17.8 Å². The van der Waals surface area contributed by atoms with Crippen molar-refractivity contribution in [1.29, 1.82) is 0 Å². The first-order valence-corrected chi connectivity index (χ1v) is 13.3. The highest BCUT2D eigenvalue weighted by molar-refractivity contribution is 7.15. The third kappa shape index (κ3) is 8.00. The van der Waals surface area contributed by atoms with Gasteiger partial charge in [0.25, 0.3) is 5.91 Å². The lowest BCUT2D eigenvalue weighted by atomic mass is 10.2. The highest BCUT2D eigenvalue weighted by Gasteiger charge is 2.14. The Hall–Kier alpha value is -3.99. The average Bonchev–Trinajstić information content (AvgIpc) is 3.36. The number of nitrogens with one attached hydrogen (secondary N) is 2. The standard InChI is InChI=1S/C27H23Cl2N5O4S/c1-2-37-22-13-17(12-21(29)25(22)38-16-19-10-6-7-11-20(19)28)15-30-32-23(35)14-24-33-34-27(39-24)31-26(36)18-8-4-3-5-9-18/h3-13,15H,2,14,16H2,1H3,(H,32,35)(H,31,34,36)/b30-15-. The fraction of sp³-hybridized carbons (Fsp3) is 0.148. The first-order chi connectivity index (χ1) is 18.9. The molecule has 12 heteroatoms. The molecule has 0 saturated heterocycles. The van der Waals surface area contributed by atoms with E-state index in [4.69, 9.17) is 32.7 Å². The van der Waals surface area contributed by atoms with Crippen LogP contribution in [0, 0.1) is 0 Å². The lowest BCUT2D eigenvalue weighted by molar-refractivity contribution is -0.120. The highest BCUT2D eigenvalue weighted by Crippen LogP contribution is 2.37. The maximum atomic E-state index is 12.3. The molecule has 0 saturated carbocycles. The van der Waals surface area contributed by atoms with E-state index in [1.807, 2.05) is 31.2 Å². The van der Waals surface area contributed by atoms with Crippen molar-refractivity contribution in [3.63, 3.8) is 0 Å². The number of hydrogen-bond acceptors (Lipinski definition) is 8. The van der Waals surface area contributed by atoms with Crippen molar-refractivity contribution in [3.05, 3.63) is 98.5 Å². The van der Waals surface area contributed by atoms with Crippen LogP contribution in [0.3, 0.4) is 0 Å². The third-order valence-corrected chi connectivity index (χ3v) is 6.59. The van der Waals surface area contributed by atoms with Gasteiger partial charge in [-0.15, -0.1) is 10.2 Å². The van der Waals surface area contributed by atoms with E-state index in [0.717, 1.165) is 16.9 Å². The van der Waals surface area contributed by atoms with E-state index in [9.17, 15) is 9.59 Å². The molecule has 0 bridgehead atoms. The largest absolute Gasteiger partial charge is 0.490 e. The quantitative estimate of drug-likeness (QED) is 0.171. The van der Waals surface area contributed by atoms with Gasteiger partial charge < -0.3 is 9.47 Å². The van der Waals surface area contributed by atoms with Crippen LogP contribution in [0.4, 0.5) is 5.13 Å². The summed E-state index contributed by atoms with van der Waals surface area (Å²) in [7, 11) is 0. The Balaban J connectivity index is 1.34. The number of hydrogen-bond donors (Lipinski definition) is 2. The Labute approximate surface area is 238 Å². The highest BCUT2D eigenvalue weighted by atomic mass is 35.5. The van der Waals surface area contributed by atoms with Gasteiger partial charge in [0.1, 0.15) is 11.6 Å². The van der Waals surface area contributed by atoms with E-state index in [2.05, 4.69) is 26.0 Å². The van der Waals surface area contributed by atoms with Gasteiger partial charge in [0.05, 0.1) is 24.3 Å². The number of rotatable bonds is 11. The van der Waals surface area contributed by atoms with Crippen molar-refractivity contribution in [2.45, 2.75) is 20.0 Å². The van der Waals surface area contributed by atoms with Crippen LogP contribution in [0.25, 0.3) is 0 Å². The Bertz CT molecular complexity index is 1480. The second kappa shape index (κ2) is 13.7. The SMILES string of the molecule is CCOc1cc(/C=N\NC(=O)Cc2nnc(NC(=O)c3ccccc3)s2)cc(Cl)c1OCc1ccccc1Cl. The van der Waals surface area contributed by atoms with Crippen molar-refractivity contribution in [1.82, 2.24) is 15.6 Å². The molecule has 0 radical (unpaired) electrons. The molecule has 2 amide bonds. The molecule has 0 aliphatic rings. The number of benzene rings is 3. The van der Waals surface area contributed by atoms with Crippen LogP contribution in [0.15, 0.2) is 71.8 Å². The molecule has 9 nitrogen and oxygen atoms in total. The van der Waals surface area contributed by atoms with Crippen LogP contribution >= 0.6 is 34.5 Å². The van der Waals surface area contributed by atoms with Gasteiger partial charge in [-0.1, -0.05) is 70.9 Å². The molecule has 0 aliphatic heterocycles. The number of aromatic nitrogens is 2. The van der Waals surface area contributed by atoms with Crippen molar-refractivity contribution in [3.8, 4) is 11.5 Å². The molecular formula is C27H23Cl2N5O4S. The minimum Gasteiger partial charge on any atom is -0.490 e. The van der Waals surface area contributed by atoms with Gasteiger partial charge in [0.2, 0.25) is 11.0 Å². The number of amides is 2. The van der Waals surface area contributed by atoms with Crippen LogP contribution in [-0.4, -0.2) is 34.8 Å². The fourth-order valence-corrected chi connectivity index (χ4v) is 4.52. The number of carbonyl (C=O) groups is 2. The Morgan fingerprint density at radius 1 is 1.00 bits per heavy atom. The summed E-state index contributed by atoms with van der Waals surface area (Å²) in [4.78, 5) is 24.6. The summed E-state index contributed by atoms with van der Waals surface area (Å²) in [6.07, 6.45) is 1.38. The number of ether oxygens (including phenoxy) is 2. The maximum absolute atomic E-state index is 12.3. The normalized spacial score (nSPS) is 10.8. The first kappa shape index (κ1) is 28.0. The van der Waals surface area contributed by atoms with Gasteiger partial charge in [-0.05, 0) is 42.8 Å². The molecule has 4 rings (SSSR count). The summed E-state index contributed by atoms with van der Waals surface area (Å²) in [6, 6.07) is 19.4. The van der Waals surface area contributed by atoms with Crippen molar-refractivity contribution in [2.24, 2.45) is 5.10 Å². The minimum absolute atomic E-state index is 0.0595. The second-order valence-electron chi connectivity index (χ2n) is 7.93. The van der Waals surface area contributed by atoms with Gasteiger partial charge in [0.15, 0.2) is 11.5 Å². The molecule has 0 spiro atoms. The summed E-state index contributed by atoms with van der Waals surface area (Å²) in [5, 5.41) is 16.2. The van der Waals surface area contributed by atoms with Crippen LogP contribution in [0.2, 0.25) is 10.0 Å². The molecule has 0 atom stereocenters. The molecule has 1 heterocycles.